The van der Waals surface area contributed by atoms with Crippen molar-refractivity contribution in [1.29, 1.82) is 0 Å². The molecule has 0 bridgehead atoms. The highest BCUT2D eigenvalue weighted by atomic mass is 32.1. The minimum absolute atomic E-state index is 0.426. The first kappa shape index (κ1) is 10.1. The van der Waals surface area contributed by atoms with Gasteiger partial charge < -0.3 is 10.7 Å². The van der Waals surface area contributed by atoms with E-state index < -0.39 is 5.91 Å². The molecule has 2 aromatic heterocycles. The van der Waals surface area contributed by atoms with Crippen LogP contribution in [0.2, 0.25) is 0 Å². The maximum absolute atomic E-state index is 11.5. The average molecular weight is 242 g/mol. The van der Waals surface area contributed by atoms with Crippen molar-refractivity contribution < 1.29 is 4.79 Å². The lowest BCUT2D eigenvalue weighted by Gasteiger charge is -1.98. The van der Waals surface area contributed by atoms with Crippen molar-refractivity contribution in [1.82, 2.24) is 4.98 Å². The molecule has 0 aliphatic carbocycles. The van der Waals surface area contributed by atoms with Crippen LogP contribution in [0, 0.1) is 0 Å². The number of para-hydroxylation sites is 1. The second-order valence-corrected chi connectivity index (χ2v) is 4.71. The molecule has 0 aliphatic rings. The summed E-state index contributed by atoms with van der Waals surface area (Å²) in [6.45, 7) is 0. The molecule has 0 spiro atoms. The van der Waals surface area contributed by atoms with Crippen LogP contribution in [-0.2, 0) is 0 Å². The van der Waals surface area contributed by atoms with Crippen LogP contribution in [0.15, 0.2) is 41.8 Å². The third-order valence-corrected chi connectivity index (χ3v) is 3.61. The number of aromatic nitrogens is 1. The van der Waals surface area contributed by atoms with Crippen LogP contribution in [0.25, 0.3) is 21.3 Å². The van der Waals surface area contributed by atoms with Crippen molar-refractivity contribution in [2.45, 2.75) is 0 Å². The molecule has 0 fully saturated rings. The number of nitrogens with two attached hydrogens (primary N) is 1. The Bertz CT molecular complexity index is 683. The molecule has 0 saturated heterocycles. The largest absolute Gasteiger partial charge is 0.364 e. The third kappa shape index (κ3) is 1.54. The van der Waals surface area contributed by atoms with Crippen LogP contribution in [0.5, 0.6) is 0 Å². The molecule has 3 nitrogen and oxygen atoms in total. The van der Waals surface area contributed by atoms with Crippen LogP contribution >= 0.6 is 11.3 Å². The summed E-state index contributed by atoms with van der Waals surface area (Å²) in [5, 5.41) is 3.02. The Kier molecular flexibility index (Phi) is 2.23. The van der Waals surface area contributed by atoms with E-state index in [1.54, 1.807) is 11.3 Å². The van der Waals surface area contributed by atoms with E-state index >= 15 is 0 Å². The molecule has 3 N–H and O–H groups in total. The highest BCUT2D eigenvalue weighted by Gasteiger charge is 2.17. The van der Waals surface area contributed by atoms with E-state index in [2.05, 4.69) is 4.98 Å². The Morgan fingerprint density at radius 2 is 2.00 bits per heavy atom. The van der Waals surface area contributed by atoms with E-state index in [1.165, 1.54) is 0 Å². The SMILES string of the molecule is NC(=O)c1[nH]c2ccccc2c1-c1cccs1. The van der Waals surface area contributed by atoms with E-state index in [-0.39, 0.29) is 0 Å². The zero-order valence-corrected chi connectivity index (χ0v) is 9.75. The number of carbonyl (C=O) groups excluding carboxylic acids is 1. The molecule has 4 heteroatoms. The van der Waals surface area contributed by atoms with Gasteiger partial charge >= 0.3 is 0 Å². The zero-order valence-electron chi connectivity index (χ0n) is 8.94. The first-order valence-corrected chi connectivity index (χ1v) is 6.09. The monoisotopic (exact) mass is 242 g/mol. The summed E-state index contributed by atoms with van der Waals surface area (Å²) in [7, 11) is 0. The topological polar surface area (TPSA) is 58.9 Å². The lowest BCUT2D eigenvalue weighted by Crippen LogP contribution is -2.12. The van der Waals surface area contributed by atoms with Crippen LogP contribution in [0.4, 0.5) is 0 Å². The normalized spacial score (nSPS) is 10.8. The second kappa shape index (κ2) is 3.75. The number of hydrogen-bond donors (Lipinski definition) is 2. The molecule has 17 heavy (non-hydrogen) atoms. The van der Waals surface area contributed by atoms with Crippen LogP contribution in [0.1, 0.15) is 10.5 Å². The van der Waals surface area contributed by atoms with E-state index in [1.807, 2.05) is 41.8 Å². The van der Waals surface area contributed by atoms with Crippen molar-refractivity contribution in [3.05, 3.63) is 47.5 Å². The lowest BCUT2D eigenvalue weighted by atomic mass is 10.1. The van der Waals surface area contributed by atoms with Crippen LogP contribution in [0.3, 0.4) is 0 Å². The van der Waals surface area contributed by atoms with Gasteiger partial charge in [0.05, 0.1) is 0 Å². The Balaban J connectivity index is 2.40. The fourth-order valence-corrected chi connectivity index (χ4v) is 2.79. The van der Waals surface area contributed by atoms with Gasteiger partial charge in [-0.05, 0) is 17.5 Å². The number of nitrogens with one attached hydrogen (secondary N) is 1. The molecular weight excluding hydrogens is 232 g/mol. The molecule has 0 atom stereocenters. The Morgan fingerprint density at radius 3 is 2.71 bits per heavy atom. The summed E-state index contributed by atoms with van der Waals surface area (Å²) in [5.74, 6) is -0.426. The highest BCUT2D eigenvalue weighted by Crippen LogP contribution is 2.34. The zero-order chi connectivity index (χ0) is 11.8. The highest BCUT2D eigenvalue weighted by molar-refractivity contribution is 7.13. The van der Waals surface area contributed by atoms with Gasteiger partial charge in [0, 0.05) is 21.3 Å². The van der Waals surface area contributed by atoms with Gasteiger partial charge in [-0.1, -0.05) is 24.3 Å². The summed E-state index contributed by atoms with van der Waals surface area (Å²) in [4.78, 5) is 15.6. The number of H-pyrrole nitrogens is 1. The Labute approximate surface area is 102 Å². The summed E-state index contributed by atoms with van der Waals surface area (Å²) in [6, 6.07) is 11.8. The number of rotatable bonds is 2. The molecule has 84 valence electrons. The second-order valence-electron chi connectivity index (χ2n) is 3.76. The molecule has 1 amide bonds. The van der Waals surface area contributed by atoms with Gasteiger partial charge in [-0.15, -0.1) is 11.3 Å². The van der Waals surface area contributed by atoms with Gasteiger partial charge in [0.15, 0.2) is 0 Å². The summed E-state index contributed by atoms with van der Waals surface area (Å²) in [5.41, 5.74) is 7.74. The molecule has 0 radical (unpaired) electrons. The first-order chi connectivity index (χ1) is 8.27. The van der Waals surface area contributed by atoms with E-state index in [9.17, 15) is 4.79 Å². The van der Waals surface area contributed by atoms with Crippen molar-refractivity contribution in [2.24, 2.45) is 5.73 Å². The lowest BCUT2D eigenvalue weighted by molar-refractivity contribution is 0.0997. The maximum atomic E-state index is 11.5. The average Bonchev–Trinajstić information content (AvgIpc) is 2.94. The molecular formula is C13H10N2OS. The quantitative estimate of drug-likeness (QED) is 0.713. The fourth-order valence-electron chi connectivity index (χ4n) is 2.00. The Hall–Kier alpha value is -2.07. The standard InChI is InChI=1S/C13H10N2OS/c14-13(16)12-11(10-6-3-7-17-10)8-4-1-2-5-9(8)15-12/h1-7,15H,(H2,14,16). The van der Waals surface area contributed by atoms with Gasteiger partial charge in [-0.25, -0.2) is 0 Å². The van der Waals surface area contributed by atoms with Gasteiger partial charge in [-0.3, -0.25) is 4.79 Å². The predicted molar refractivity (Wildman–Crippen MR) is 70.1 cm³/mol. The number of carbonyl (C=O) groups is 1. The minimum atomic E-state index is -0.426. The van der Waals surface area contributed by atoms with Crippen molar-refractivity contribution >= 4 is 28.1 Å². The summed E-state index contributed by atoms with van der Waals surface area (Å²) >= 11 is 1.60. The molecule has 0 unspecified atom stereocenters. The van der Waals surface area contributed by atoms with Crippen LogP contribution in [-0.4, -0.2) is 10.9 Å². The fraction of sp³-hybridized carbons (Fsp3) is 0. The number of benzene rings is 1. The maximum Gasteiger partial charge on any atom is 0.265 e. The molecule has 0 aliphatic heterocycles. The Morgan fingerprint density at radius 1 is 1.18 bits per heavy atom. The predicted octanol–water partition coefficient (Wildman–Crippen LogP) is 3.00. The number of primary amides is 1. The number of hydrogen-bond acceptors (Lipinski definition) is 2. The molecule has 3 aromatic rings. The summed E-state index contributed by atoms with van der Waals surface area (Å²) in [6.07, 6.45) is 0. The summed E-state index contributed by atoms with van der Waals surface area (Å²) < 4.78 is 0. The number of amides is 1. The smallest absolute Gasteiger partial charge is 0.265 e. The third-order valence-electron chi connectivity index (χ3n) is 2.72. The van der Waals surface area contributed by atoms with Gasteiger partial charge in [0.2, 0.25) is 0 Å². The van der Waals surface area contributed by atoms with E-state index in [0.717, 1.165) is 21.3 Å². The van der Waals surface area contributed by atoms with Crippen molar-refractivity contribution in [2.75, 3.05) is 0 Å². The van der Waals surface area contributed by atoms with Gasteiger partial charge in [0.1, 0.15) is 5.69 Å². The van der Waals surface area contributed by atoms with Crippen LogP contribution < -0.4 is 5.73 Å². The molecule has 1 aromatic carbocycles. The van der Waals surface area contributed by atoms with Crippen molar-refractivity contribution in [3.8, 4) is 10.4 Å². The van der Waals surface area contributed by atoms with E-state index in [0.29, 0.717) is 5.69 Å². The van der Waals surface area contributed by atoms with Gasteiger partial charge in [-0.2, -0.15) is 0 Å². The molecule has 0 saturated carbocycles. The number of aromatic amines is 1. The minimum Gasteiger partial charge on any atom is -0.364 e. The van der Waals surface area contributed by atoms with E-state index in [4.69, 9.17) is 5.73 Å². The molecule has 3 rings (SSSR count). The number of thiophene rings is 1. The van der Waals surface area contributed by atoms with Crippen molar-refractivity contribution in [3.63, 3.8) is 0 Å². The molecule has 2 heterocycles. The van der Waals surface area contributed by atoms with Gasteiger partial charge in [0.25, 0.3) is 5.91 Å². The number of fused-ring (bicyclic) bond motifs is 1. The first-order valence-electron chi connectivity index (χ1n) is 5.22.